The Labute approximate surface area is 115 Å². The van der Waals surface area contributed by atoms with Gasteiger partial charge < -0.3 is 10.0 Å². The van der Waals surface area contributed by atoms with Crippen molar-refractivity contribution >= 4 is 23.1 Å². The number of carbonyl (C=O) groups is 1. The van der Waals surface area contributed by atoms with Crippen LogP contribution in [0.5, 0.6) is 5.75 Å². The molecule has 0 aliphatic carbocycles. The summed E-state index contributed by atoms with van der Waals surface area (Å²) in [5.74, 6) is -0.0163. The molecule has 1 amide bonds. The van der Waals surface area contributed by atoms with E-state index < -0.39 is 0 Å². The molecule has 0 radical (unpaired) electrons. The molecule has 2 aromatic rings. The third kappa shape index (κ3) is 2.90. The molecule has 0 atom stereocenters. The number of carbonyl (C=O) groups excluding carboxylic acids is 1. The number of aromatic nitrogens is 2. The molecule has 0 bridgehead atoms. The molecule has 0 aliphatic rings. The molecular weight excluding hydrogens is 262 g/mol. The van der Waals surface area contributed by atoms with Gasteiger partial charge in [0.05, 0.1) is 5.69 Å². The second-order valence-corrected chi connectivity index (χ2v) is 4.94. The smallest absolute Gasteiger partial charge is 0.271 e. The van der Waals surface area contributed by atoms with E-state index in [0.29, 0.717) is 10.6 Å². The van der Waals surface area contributed by atoms with Crippen molar-refractivity contribution in [3.05, 3.63) is 34.8 Å². The Balaban J connectivity index is 2.26. The summed E-state index contributed by atoms with van der Waals surface area (Å²) >= 11 is 1.11. The van der Waals surface area contributed by atoms with Crippen molar-refractivity contribution in [2.75, 3.05) is 11.9 Å². The minimum Gasteiger partial charge on any atom is -0.508 e. The van der Waals surface area contributed by atoms with Crippen LogP contribution in [-0.4, -0.2) is 27.6 Å². The maximum absolute atomic E-state index is 12.4. The molecule has 0 unspecified atom stereocenters. The highest BCUT2D eigenvalue weighted by atomic mass is 32.1. The van der Waals surface area contributed by atoms with Gasteiger partial charge in [0, 0.05) is 18.8 Å². The predicted octanol–water partition coefficient (Wildman–Crippen LogP) is 2.47. The number of aromatic hydroxyl groups is 1. The highest BCUT2D eigenvalue weighted by Crippen LogP contribution is 2.22. The summed E-state index contributed by atoms with van der Waals surface area (Å²) in [6.07, 6.45) is 1.66. The quantitative estimate of drug-likeness (QED) is 0.932. The first-order valence-corrected chi connectivity index (χ1v) is 6.79. The molecule has 6 heteroatoms. The molecule has 1 N–H and O–H groups in total. The standard InChI is InChI=1S/C13H15N3O2S/c1-3-5-11-12(19-15-14-11)13(18)16(2)9-6-4-7-10(17)8-9/h4,6-8,17H,3,5H2,1-2H3. The number of aryl methyl sites for hydroxylation is 1. The lowest BCUT2D eigenvalue weighted by Gasteiger charge is -2.16. The van der Waals surface area contributed by atoms with Crippen molar-refractivity contribution in [3.63, 3.8) is 0 Å². The Morgan fingerprint density at radius 2 is 2.26 bits per heavy atom. The summed E-state index contributed by atoms with van der Waals surface area (Å²) in [4.78, 5) is 14.4. The molecule has 5 nitrogen and oxygen atoms in total. The molecule has 0 fully saturated rings. The minimum atomic E-state index is -0.149. The van der Waals surface area contributed by atoms with Crippen molar-refractivity contribution in [1.29, 1.82) is 0 Å². The van der Waals surface area contributed by atoms with E-state index in [1.807, 2.05) is 6.92 Å². The van der Waals surface area contributed by atoms with E-state index in [1.165, 1.54) is 4.90 Å². The van der Waals surface area contributed by atoms with Crippen molar-refractivity contribution in [2.45, 2.75) is 19.8 Å². The lowest BCUT2D eigenvalue weighted by molar-refractivity contribution is 0.0996. The van der Waals surface area contributed by atoms with Gasteiger partial charge in [0.15, 0.2) is 0 Å². The Morgan fingerprint density at radius 1 is 1.47 bits per heavy atom. The van der Waals surface area contributed by atoms with Crippen LogP contribution >= 0.6 is 11.5 Å². The van der Waals surface area contributed by atoms with Crippen LogP contribution in [0.15, 0.2) is 24.3 Å². The predicted molar refractivity (Wildman–Crippen MR) is 74.7 cm³/mol. The van der Waals surface area contributed by atoms with E-state index in [2.05, 4.69) is 9.59 Å². The van der Waals surface area contributed by atoms with E-state index in [9.17, 15) is 9.90 Å². The van der Waals surface area contributed by atoms with E-state index in [1.54, 1.807) is 31.3 Å². The molecular formula is C13H15N3O2S. The summed E-state index contributed by atoms with van der Waals surface area (Å²) in [5, 5.41) is 13.4. The van der Waals surface area contributed by atoms with Gasteiger partial charge in [-0.3, -0.25) is 4.79 Å². The van der Waals surface area contributed by atoms with Crippen molar-refractivity contribution < 1.29 is 9.90 Å². The van der Waals surface area contributed by atoms with Gasteiger partial charge in [-0.05, 0) is 30.1 Å². The van der Waals surface area contributed by atoms with Gasteiger partial charge in [-0.1, -0.05) is 23.9 Å². The second kappa shape index (κ2) is 5.79. The van der Waals surface area contributed by atoms with Crippen molar-refractivity contribution in [1.82, 2.24) is 9.59 Å². The fraction of sp³-hybridized carbons (Fsp3) is 0.308. The summed E-state index contributed by atoms with van der Waals surface area (Å²) in [7, 11) is 1.67. The monoisotopic (exact) mass is 277 g/mol. The molecule has 100 valence electrons. The zero-order valence-electron chi connectivity index (χ0n) is 10.8. The Kier molecular flexibility index (Phi) is 4.11. The summed E-state index contributed by atoms with van der Waals surface area (Å²) < 4.78 is 3.85. The first-order valence-electron chi connectivity index (χ1n) is 6.01. The first kappa shape index (κ1) is 13.5. The van der Waals surface area contributed by atoms with E-state index in [4.69, 9.17) is 0 Å². The van der Waals surface area contributed by atoms with Crippen LogP contribution in [0, 0.1) is 0 Å². The number of anilines is 1. The van der Waals surface area contributed by atoms with E-state index in [-0.39, 0.29) is 11.7 Å². The van der Waals surface area contributed by atoms with E-state index in [0.717, 1.165) is 30.1 Å². The molecule has 0 aliphatic heterocycles. The highest BCUT2D eigenvalue weighted by Gasteiger charge is 2.20. The molecule has 1 heterocycles. The number of phenolic OH excluding ortho intramolecular Hbond substituents is 1. The summed E-state index contributed by atoms with van der Waals surface area (Å²) in [6, 6.07) is 6.59. The highest BCUT2D eigenvalue weighted by molar-refractivity contribution is 7.08. The molecule has 1 aromatic carbocycles. The third-order valence-electron chi connectivity index (χ3n) is 2.76. The average molecular weight is 277 g/mol. The van der Waals surface area contributed by atoms with Crippen LogP contribution < -0.4 is 4.90 Å². The van der Waals surface area contributed by atoms with Crippen LogP contribution in [0.2, 0.25) is 0 Å². The molecule has 0 saturated heterocycles. The number of hydrogen-bond acceptors (Lipinski definition) is 5. The zero-order chi connectivity index (χ0) is 13.8. The van der Waals surface area contributed by atoms with Gasteiger partial charge in [0.1, 0.15) is 10.6 Å². The number of nitrogens with zero attached hydrogens (tertiary/aromatic N) is 3. The van der Waals surface area contributed by atoms with Gasteiger partial charge in [0.2, 0.25) is 0 Å². The van der Waals surface area contributed by atoms with Gasteiger partial charge in [-0.15, -0.1) is 5.10 Å². The van der Waals surface area contributed by atoms with E-state index >= 15 is 0 Å². The van der Waals surface area contributed by atoms with Gasteiger partial charge in [-0.2, -0.15) is 0 Å². The number of phenols is 1. The van der Waals surface area contributed by atoms with Gasteiger partial charge in [0.25, 0.3) is 5.91 Å². The summed E-state index contributed by atoms with van der Waals surface area (Å²) in [6.45, 7) is 2.03. The molecule has 1 aromatic heterocycles. The van der Waals surface area contributed by atoms with Crippen LogP contribution in [-0.2, 0) is 6.42 Å². The van der Waals surface area contributed by atoms with Gasteiger partial charge >= 0.3 is 0 Å². The SMILES string of the molecule is CCCc1nnsc1C(=O)N(C)c1cccc(O)c1. The fourth-order valence-corrected chi connectivity index (χ4v) is 2.43. The normalized spacial score (nSPS) is 10.4. The Bertz CT molecular complexity index is 583. The van der Waals surface area contributed by atoms with Crippen molar-refractivity contribution in [2.24, 2.45) is 0 Å². The van der Waals surface area contributed by atoms with Crippen LogP contribution in [0.3, 0.4) is 0 Å². The largest absolute Gasteiger partial charge is 0.508 e. The first-order chi connectivity index (χ1) is 9.13. The molecule has 0 spiro atoms. The van der Waals surface area contributed by atoms with Crippen molar-refractivity contribution in [3.8, 4) is 5.75 Å². The Morgan fingerprint density at radius 3 is 2.95 bits per heavy atom. The maximum Gasteiger partial charge on any atom is 0.271 e. The second-order valence-electron chi connectivity index (χ2n) is 4.18. The summed E-state index contributed by atoms with van der Waals surface area (Å²) in [5.41, 5.74) is 1.38. The fourth-order valence-electron chi connectivity index (χ4n) is 1.74. The molecule has 2 rings (SSSR count). The zero-order valence-corrected chi connectivity index (χ0v) is 11.6. The molecule has 0 saturated carbocycles. The average Bonchev–Trinajstić information content (AvgIpc) is 2.86. The van der Waals surface area contributed by atoms with Crippen LogP contribution in [0.25, 0.3) is 0 Å². The number of amides is 1. The number of rotatable bonds is 4. The van der Waals surface area contributed by atoms with Crippen LogP contribution in [0.1, 0.15) is 28.7 Å². The molecule has 19 heavy (non-hydrogen) atoms. The lowest BCUT2D eigenvalue weighted by atomic mass is 10.2. The van der Waals surface area contributed by atoms with Gasteiger partial charge in [-0.25, -0.2) is 0 Å². The maximum atomic E-state index is 12.4. The third-order valence-corrected chi connectivity index (χ3v) is 3.51. The topological polar surface area (TPSA) is 66.3 Å². The Hall–Kier alpha value is -1.95. The number of hydrogen-bond donors (Lipinski definition) is 1. The minimum absolute atomic E-state index is 0.133. The van der Waals surface area contributed by atoms with Crippen LogP contribution in [0.4, 0.5) is 5.69 Å². The lowest BCUT2D eigenvalue weighted by Crippen LogP contribution is -2.26. The number of benzene rings is 1.